The maximum absolute atomic E-state index is 13.0. The Bertz CT molecular complexity index is 1210. The van der Waals surface area contributed by atoms with E-state index in [1.54, 1.807) is 0 Å². The minimum Gasteiger partial charge on any atom is -0.356 e. The number of amides is 1. The largest absolute Gasteiger partial charge is 0.356 e. The molecule has 0 radical (unpaired) electrons. The van der Waals surface area contributed by atoms with Crippen LogP contribution in [0.5, 0.6) is 0 Å². The standard InChI is InChI=1S/C29H32N4O/c1-20-10-11-27-24(16-20)18-26(22-7-3-2-4-8-22)28(32-27)33-14-12-23(13-15-33)29(34)31-25-9-5-6-21(17-25)19-30/h2-4,7-8,10-11,16,18,21,23,25H,5-6,9,12-15,17H2,1H3,(H,31,34)/t21-,25-/m0/s1. The van der Waals surface area contributed by atoms with E-state index in [2.05, 4.69) is 71.7 Å². The van der Waals surface area contributed by atoms with Crippen molar-refractivity contribution in [1.29, 1.82) is 5.26 Å². The van der Waals surface area contributed by atoms with Crippen LogP contribution >= 0.6 is 0 Å². The summed E-state index contributed by atoms with van der Waals surface area (Å²) in [5, 5.41) is 13.6. The molecule has 2 atom stereocenters. The predicted molar refractivity (Wildman–Crippen MR) is 136 cm³/mol. The Kier molecular flexibility index (Phi) is 6.49. The molecule has 5 nitrogen and oxygen atoms in total. The summed E-state index contributed by atoms with van der Waals surface area (Å²) in [6.45, 7) is 3.74. The third-order valence-corrected chi connectivity index (χ3v) is 7.40. The molecule has 2 fully saturated rings. The number of fused-ring (bicyclic) bond motifs is 1. The van der Waals surface area contributed by atoms with Crippen LogP contribution in [0.15, 0.2) is 54.6 Å². The number of aryl methyl sites for hydroxylation is 1. The molecule has 1 N–H and O–H groups in total. The highest BCUT2D eigenvalue weighted by Gasteiger charge is 2.30. The molecule has 1 aliphatic heterocycles. The molecule has 2 aliphatic rings. The molecule has 3 aromatic rings. The van der Waals surface area contributed by atoms with E-state index in [0.717, 1.165) is 79.5 Å². The lowest BCUT2D eigenvalue weighted by molar-refractivity contribution is -0.126. The van der Waals surface area contributed by atoms with Crippen LogP contribution in [0.2, 0.25) is 0 Å². The topological polar surface area (TPSA) is 69.0 Å². The minimum absolute atomic E-state index is 0.0296. The van der Waals surface area contributed by atoms with Gasteiger partial charge in [0.15, 0.2) is 0 Å². The predicted octanol–water partition coefficient (Wildman–Crippen LogP) is 5.63. The first-order valence-electron chi connectivity index (χ1n) is 12.5. The normalized spacial score (nSPS) is 21.2. The summed E-state index contributed by atoms with van der Waals surface area (Å²) in [7, 11) is 0. The Balaban J connectivity index is 1.33. The van der Waals surface area contributed by atoms with Gasteiger partial charge in [0.1, 0.15) is 5.82 Å². The van der Waals surface area contributed by atoms with Gasteiger partial charge in [-0.2, -0.15) is 5.26 Å². The number of nitrogens with zero attached hydrogens (tertiary/aromatic N) is 3. The smallest absolute Gasteiger partial charge is 0.223 e. The minimum atomic E-state index is 0.0296. The molecule has 174 valence electrons. The summed E-state index contributed by atoms with van der Waals surface area (Å²) < 4.78 is 0. The Morgan fingerprint density at radius 2 is 1.85 bits per heavy atom. The number of rotatable bonds is 4. The Morgan fingerprint density at radius 1 is 1.06 bits per heavy atom. The number of hydrogen-bond acceptors (Lipinski definition) is 4. The molecule has 5 heteroatoms. The molecule has 2 heterocycles. The van der Waals surface area contributed by atoms with Gasteiger partial charge in [-0.05, 0) is 62.8 Å². The first-order chi connectivity index (χ1) is 16.6. The molecular weight excluding hydrogens is 420 g/mol. The zero-order valence-electron chi connectivity index (χ0n) is 19.8. The fraction of sp³-hybridized carbons (Fsp3) is 0.414. The van der Waals surface area contributed by atoms with Crippen molar-refractivity contribution >= 4 is 22.6 Å². The van der Waals surface area contributed by atoms with E-state index >= 15 is 0 Å². The molecule has 34 heavy (non-hydrogen) atoms. The SMILES string of the molecule is Cc1ccc2nc(N3CCC(C(=O)N[C@H]4CCC[C@H](C#N)C4)CC3)c(-c3ccccc3)cc2c1. The third-order valence-electron chi connectivity index (χ3n) is 7.40. The molecular formula is C29H32N4O. The Labute approximate surface area is 201 Å². The van der Waals surface area contributed by atoms with Crippen molar-refractivity contribution in [2.24, 2.45) is 11.8 Å². The van der Waals surface area contributed by atoms with Crippen molar-refractivity contribution < 1.29 is 4.79 Å². The molecule has 0 unspecified atom stereocenters. The zero-order chi connectivity index (χ0) is 23.5. The van der Waals surface area contributed by atoms with E-state index in [1.807, 2.05) is 6.07 Å². The lowest BCUT2D eigenvalue weighted by Crippen LogP contribution is -2.45. The number of pyridine rings is 1. The van der Waals surface area contributed by atoms with Gasteiger partial charge in [0.25, 0.3) is 0 Å². The van der Waals surface area contributed by atoms with Gasteiger partial charge in [-0.3, -0.25) is 4.79 Å². The first-order valence-corrected chi connectivity index (χ1v) is 12.5. The lowest BCUT2D eigenvalue weighted by atomic mass is 9.86. The Morgan fingerprint density at radius 3 is 2.62 bits per heavy atom. The summed E-state index contributed by atoms with van der Waals surface area (Å²) in [4.78, 5) is 20.4. The fourth-order valence-electron chi connectivity index (χ4n) is 5.47. The molecule has 2 aromatic carbocycles. The van der Waals surface area contributed by atoms with Crippen molar-refractivity contribution in [3.05, 3.63) is 60.2 Å². The molecule has 1 aromatic heterocycles. The molecule has 1 aliphatic carbocycles. The van der Waals surface area contributed by atoms with Gasteiger partial charge >= 0.3 is 0 Å². The summed E-state index contributed by atoms with van der Waals surface area (Å²) in [6, 6.07) is 21.6. The van der Waals surface area contributed by atoms with Crippen LogP contribution in [0.4, 0.5) is 5.82 Å². The van der Waals surface area contributed by atoms with Crippen LogP contribution in [-0.2, 0) is 4.79 Å². The van der Waals surface area contributed by atoms with Crippen LogP contribution in [0.25, 0.3) is 22.0 Å². The molecule has 1 saturated carbocycles. The van der Waals surface area contributed by atoms with Gasteiger partial charge in [-0.1, -0.05) is 48.4 Å². The maximum Gasteiger partial charge on any atom is 0.223 e. The van der Waals surface area contributed by atoms with Crippen LogP contribution < -0.4 is 10.2 Å². The molecule has 1 amide bonds. The number of carbonyl (C=O) groups excluding carboxylic acids is 1. The molecule has 1 saturated heterocycles. The number of carbonyl (C=O) groups is 1. The van der Waals surface area contributed by atoms with Gasteiger partial charge in [0, 0.05) is 41.9 Å². The van der Waals surface area contributed by atoms with Gasteiger partial charge in [-0.25, -0.2) is 4.98 Å². The van der Waals surface area contributed by atoms with E-state index in [1.165, 1.54) is 5.56 Å². The van der Waals surface area contributed by atoms with Gasteiger partial charge in [-0.15, -0.1) is 0 Å². The summed E-state index contributed by atoms with van der Waals surface area (Å²) >= 11 is 0. The number of benzene rings is 2. The number of nitrogens with one attached hydrogen (secondary N) is 1. The summed E-state index contributed by atoms with van der Waals surface area (Å²) in [6.07, 6.45) is 5.41. The number of hydrogen-bond donors (Lipinski definition) is 1. The number of anilines is 1. The number of piperidine rings is 1. The van der Waals surface area contributed by atoms with Crippen molar-refractivity contribution in [3.63, 3.8) is 0 Å². The van der Waals surface area contributed by atoms with Crippen molar-refractivity contribution in [2.75, 3.05) is 18.0 Å². The zero-order valence-corrected chi connectivity index (χ0v) is 19.8. The molecule has 0 bridgehead atoms. The second kappa shape index (κ2) is 9.85. The highest BCUT2D eigenvalue weighted by molar-refractivity contribution is 5.90. The fourth-order valence-corrected chi connectivity index (χ4v) is 5.47. The van der Waals surface area contributed by atoms with Gasteiger partial charge in [0.05, 0.1) is 11.6 Å². The van der Waals surface area contributed by atoms with Crippen LogP contribution in [0.3, 0.4) is 0 Å². The maximum atomic E-state index is 13.0. The van der Waals surface area contributed by atoms with E-state index in [9.17, 15) is 10.1 Å². The van der Waals surface area contributed by atoms with Crippen LogP contribution in [0.1, 0.15) is 44.1 Å². The first kappa shape index (κ1) is 22.4. The average molecular weight is 453 g/mol. The molecule has 5 rings (SSSR count). The van der Waals surface area contributed by atoms with E-state index in [0.29, 0.717) is 0 Å². The van der Waals surface area contributed by atoms with Crippen molar-refractivity contribution in [3.8, 4) is 17.2 Å². The van der Waals surface area contributed by atoms with E-state index in [4.69, 9.17) is 4.98 Å². The second-order valence-electron chi connectivity index (χ2n) is 9.88. The highest BCUT2D eigenvalue weighted by Crippen LogP contribution is 2.35. The average Bonchev–Trinajstić information content (AvgIpc) is 2.88. The molecule has 0 spiro atoms. The quantitative estimate of drug-likeness (QED) is 0.557. The van der Waals surface area contributed by atoms with Gasteiger partial charge < -0.3 is 10.2 Å². The number of nitriles is 1. The monoisotopic (exact) mass is 452 g/mol. The van der Waals surface area contributed by atoms with E-state index in [-0.39, 0.29) is 23.8 Å². The van der Waals surface area contributed by atoms with Gasteiger partial charge in [0.2, 0.25) is 5.91 Å². The summed E-state index contributed by atoms with van der Waals surface area (Å²) in [5.74, 6) is 1.28. The van der Waals surface area contributed by atoms with Crippen molar-refractivity contribution in [1.82, 2.24) is 10.3 Å². The second-order valence-corrected chi connectivity index (χ2v) is 9.88. The number of aromatic nitrogens is 1. The third kappa shape index (κ3) is 4.77. The lowest BCUT2D eigenvalue weighted by Gasteiger charge is -2.35. The van der Waals surface area contributed by atoms with Crippen LogP contribution in [-0.4, -0.2) is 30.0 Å². The Hall–Kier alpha value is -3.39. The van der Waals surface area contributed by atoms with Crippen LogP contribution in [0, 0.1) is 30.1 Å². The van der Waals surface area contributed by atoms with E-state index < -0.39 is 0 Å². The highest BCUT2D eigenvalue weighted by atomic mass is 16.1. The summed E-state index contributed by atoms with van der Waals surface area (Å²) in [5.41, 5.74) is 4.54. The van der Waals surface area contributed by atoms with Crippen molar-refractivity contribution in [2.45, 2.75) is 51.5 Å².